The van der Waals surface area contributed by atoms with E-state index in [0.29, 0.717) is 21.7 Å². The number of hydrogen-bond donors (Lipinski definition) is 1. The summed E-state index contributed by atoms with van der Waals surface area (Å²) in [6, 6.07) is 5.34. The van der Waals surface area contributed by atoms with E-state index < -0.39 is 0 Å². The molecule has 0 unspecified atom stereocenters. The average molecular weight is 258 g/mol. The molecule has 3 nitrogen and oxygen atoms in total. The van der Waals surface area contributed by atoms with Gasteiger partial charge >= 0.3 is 0 Å². The highest BCUT2D eigenvalue weighted by Crippen LogP contribution is 2.31. The van der Waals surface area contributed by atoms with Gasteiger partial charge in [-0.1, -0.05) is 29.3 Å². The monoisotopic (exact) mass is 257 g/mol. The molecule has 5 heteroatoms. The Balaban J connectivity index is 2.24. The normalized spacial score (nSPS) is 16.9. The smallest absolute Gasteiger partial charge is 0.196 e. The second kappa shape index (κ2) is 4.93. The van der Waals surface area contributed by atoms with Crippen LogP contribution in [0.25, 0.3) is 0 Å². The minimum Gasteiger partial charge on any atom is -0.369 e. The number of guanidine groups is 1. The number of nitrogens with two attached hydrogens (primary N) is 1. The average Bonchev–Trinajstić information content (AvgIpc) is 2.78. The van der Waals surface area contributed by atoms with Crippen LogP contribution in [0.15, 0.2) is 23.2 Å². The molecule has 1 aromatic rings. The van der Waals surface area contributed by atoms with Crippen LogP contribution in [-0.4, -0.2) is 23.9 Å². The Morgan fingerprint density at radius 2 is 1.94 bits per heavy atom. The molecule has 1 fully saturated rings. The molecule has 1 saturated heterocycles. The van der Waals surface area contributed by atoms with Crippen LogP contribution in [0.2, 0.25) is 10.0 Å². The van der Waals surface area contributed by atoms with Crippen LogP contribution < -0.4 is 5.73 Å². The Hall–Kier alpha value is -0.930. The Kier molecular flexibility index (Phi) is 3.56. The topological polar surface area (TPSA) is 41.6 Å². The number of benzene rings is 1. The molecule has 1 aliphatic heterocycles. The minimum atomic E-state index is 0.450. The molecule has 1 heterocycles. The van der Waals surface area contributed by atoms with Gasteiger partial charge in [0.1, 0.15) is 0 Å². The van der Waals surface area contributed by atoms with Gasteiger partial charge in [-0.05, 0) is 25.0 Å². The lowest BCUT2D eigenvalue weighted by atomic mass is 10.3. The summed E-state index contributed by atoms with van der Waals surface area (Å²) in [6.45, 7) is 1.93. The minimum absolute atomic E-state index is 0.450. The van der Waals surface area contributed by atoms with Gasteiger partial charge in [0, 0.05) is 13.1 Å². The molecule has 1 aliphatic rings. The van der Waals surface area contributed by atoms with Crippen molar-refractivity contribution >= 4 is 34.8 Å². The fraction of sp³-hybridized carbons (Fsp3) is 0.364. The van der Waals surface area contributed by atoms with Gasteiger partial charge in [0.2, 0.25) is 0 Å². The van der Waals surface area contributed by atoms with Crippen molar-refractivity contribution in [2.75, 3.05) is 13.1 Å². The third-order valence-electron chi connectivity index (χ3n) is 2.60. The zero-order valence-corrected chi connectivity index (χ0v) is 10.3. The predicted octanol–water partition coefficient (Wildman–Crippen LogP) is 3.04. The van der Waals surface area contributed by atoms with E-state index in [1.807, 2.05) is 6.07 Å². The van der Waals surface area contributed by atoms with Gasteiger partial charge in [0.15, 0.2) is 5.96 Å². The van der Waals surface area contributed by atoms with Crippen LogP contribution in [0.5, 0.6) is 0 Å². The molecular weight excluding hydrogens is 245 g/mol. The van der Waals surface area contributed by atoms with Crippen molar-refractivity contribution in [3.63, 3.8) is 0 Å². The molecule has 16 heavy (non-hydrogen) atoms. The standard InChI is InChI=1S/C11H13Cl2N3/c12-8-4-3-5-9(10(8)13)15-11(14)16-6-1-2-7-16/h3-5H,1-2,6-7H2,(H2,14,15). The summed E-state index contributed by atoms with van der Waals surface area (Å²) < 4.78 is 0. The molecule has 2 rings (SSSR count). The van der Waals surface area contributed by atoms with E-state index in [1.54, 1.807) is 12.1 Å². The molecule has 0 aliphatic carbocycles. The van der Waals surface area contributed by atoms with Crippen molar-refractivity contribution in [2.24, 2.45) is 10.7 Å². The lowest BCUT2D eigenvalue weighted by Gasteiger charge is -2.15. The molecule has 0 bridgehead atoms. The molecule has 1 aromatic carbocycles. The summed E-state index contributed by atoms with van der Waals surface area (Å²) in [5, 5.41) is 0.948. The van der Waals surface area contributed by atoms with E-state index in [2.05, 4.69) is 9.89 Å². The van der Waals surface area contributed by atoms with E-state index in [0.717, 1.165) is 13.1 Å². The van der Waals surface area contributed by atoms with Crippen molar-refractivity contribution in [1.82, 2.24) is 4.90 Å². The summed E-state index contributed by atoms with van der Waals surface area (Å²) >= 11 is 11.9. The van der Waals surface area contributed by atoms with Gasteiger partial charge in [0.05, 0.1) is 15.7 Å². The zero-order valence-electron chi connectivity index (χ0n) is 8.79. The predicted molar refractivity (Wildman–Crippen MR) is 68.6 cm³/mol. The van der Waals surface area contributed by atoms with Crippen molar-refractivity contribution in [2.45, 2.75) is 12.8 Å². The summed E-state index contributed by atoms with van der Waals surface area (Å²) in [5.41, 5.74) is 6.53. The molecule has 2 N–H and O–H groups in total. The van der Waals surface area contributed by atoms with Crippen molar-refractivity contribution < 1.29 is 0 Å². The fourth-order valence-corrected chi connectivity index (χ4v) is 2.06. The van der Waals surface area contributed by atoms with E-state index >= 15 is 0 Å². The Labute approximate surface area is 105 Å². The summed E-state index contributed by atoms with van der Waals surface area (Å²) in [5.74, 6) is 0.515. The second-order valence-corrected chi connectivity index (χ2v) is 4.52. The lowest BCUT2D eigenvalue weighted by molar-refractivity contribution is 0.513. The fourth-order valence-electron chi connectivity index (χ4n) is 1.72. The third kappa shape index (κ3) is 2.42. The van der Waals surface area contributed by atoms with Crippen LogP contribution in [-0.2, 0) is 0 Å². The summed E-state index contributed by atoms with van der Waals surface area (Å²) in [7, 11) is 0. The molecular formula is C11H13Cl2N3. The molecule has 0 atom stereocenters. The summed E-state index contributed by atoms with van der Waals surface area (Å²) in [6.07, 6.45) is 2.33. The molecule has 86 valence electrons. The third-order valence-corrected chi connectivity index (χ3v) is 3.41. The van der Waals surface area contributed by atoms with Crippen LogP contribution in [0, 0.1) is 0 Å². The van der Waals surface area contributed by atoms with Crippen molar-refractivity contribution in [3.8, 4) is 0 Å². The SMILES string of the molecule is NC(=Nc1cccc(Cl)c1Cl)N1CCCC1. The molecule has 0 radical (unpaired) electrons. The maximum atomic E-state index is 6.03. The van der Waals surface area contributed by atoms with Gasteiger partial charge in [0.25, 0.3) is 0 Å². The number of rotatable bonds is 1. The maximum absolute atomic E-state index is 6.03. The largest absolute Gasteiger partial charge is 0.369 e. The van der Waals surface area contributed by atoms with Gasteiger partial charge in [-0.25, -0.2) is 4.99 Å². The van der Waals surface area contributed by atoms with Gasteiger partial charge in [-0.15, -0.1) is 0 Å². The first-order chi connectivity index (χ1) is 7.68. The van der Waals surface area contributed by atoms with Crippen molar-refractivity contribution in [1.29, 1.82) is 0 Å². The number of likely N-dealkylation sites (tertiary alicyclic amines) is 1. The van der Waals surface area contributed by atoms with Gasteiger partial charge < -0.3 is 10.6 Å². The number of aliphatic imine (C=N–C) groups is 1. The maximum Gasteiger partial charge on any atom is 0.196 e. The molecule has 0 saturated carbocycles. The molecule has 0 amide bonds. The lowest BCUT2D eigenvalue weighted by Crippen LogP contribution is -2.34. The van der Waals surface area contributed by atoms with Crippen LogP contribution >= 0.6 is 23.2 Å². The Morgan fingerprint density at radius 3 is 2.62 bits per heavy atom. The molecule has 0 spiro atoms. The zero-order chi connectivity index (χ0) is 11.5. The van der Waals surface area contributed by atoms with E-state index in [-0.39, 0.29) is 0 Å². The summed E-state index contributed by atoms with van der Waals surface area (Å²) in [4.78, 5) is 6.36. The quantitative estimate of drug-likeness (QED) is 0.621. The first-order valence-electron chi connectivity index (χ1n) is 5.21. The van der Waals surface area contributed by atoms with Gasteiger partial charge in [-0.2, -0.15) is 0 Å². The Bertz CT molecular complexity index is 412. The van der Waals surface area contributed by atoms with Crippen LogP contribution in [0.1, 0.15) is 12.8 Å². The number of nitrogens with zero attached hydrogens (tertiary/aromatic N) is 2. The van der Waals surface area contributed by atoms with Crippen molar-refractivity contribution in [3.05, 3.63) is 28.2 Å². The van der Waals surface area contributed by atoms with Crippen LogP contribution in [0.4, 0.5) is 5.69 Å². The number of hydrogen-bond acceptors (Lipinski definition) is 1. The highest BCUT2D eigenvalue weighted by molar-refractivity contribution is 6.43. The number of halogens is 2. The van der Waals surface area contributed by atoms with E-state index in [9.17, 15) is 0 Å². The first kappa shape index (κ1) is 11.6. The van der Waals surface area contributed by atoms with Gasteiger partial charge in [-0.3, -0.25) is 0 Å². The first-order valence-corrected chi connectivity index (χ1v) is 5.97. The Morgan fingerprint density at radius 1 is 1.25 bits per heavy atom. The highest BCUT2D eigenvalue weighted by Gasteiger charge is 2.14. The van der Waals surface area contributed by atoms with Crippen LogP contribution in [0.3, 0.4) is 0 Å². The molecule has 0 aromatic heterocycles. The van der Waals surface area contributed by atoms with E-state index in [4.69, 9.17) is 28.9 Å². The highest BCUT2D eigenvalue weighted by atomic mass is 35.5. The van der Waals surface area contributed by atoms with E-state index in [1.165, 1.54) is 12.8 Å². The second-order valence-electron chi connectivity index (χ2n) is 3.74.